The maximum absolute atomic E-state index is 12.1. The number of rotatable bonds is 7. The van der Waals surface area contributed by atoms with Gasteiger partial charge in [-0.2, -0.15) is 5.10 Å². The average Bonchev–Trinajstić information content (AvgIpc) is 2.70. The van der Waals surface area contributed by atoms with Gasteiger partial charge >= 0.3 is 0 Å². The molecule has 29 heavy (non-hydrogen) atoms. The van der Waals surface area contributed by atoms with Crippen LogP contribution in [-0.2, 0) is 17.8 Å². The summed E-state index contributed by atoms with van der Waals surface area (Å²) in [5.41, 5.74) is 5.16. The third-order valence-corrected chi connectivity index (χ3v) is 5.24. The predicted octanol–water partition coefficient (Wildman–Crippen LogP) is 6.14. The van der Waals surface area contributed by atoms with Crippen LogP contribution in [0.5, 0.6) is 5.75 Å². The molecule has 1 amide bonds. The highest BCUT2D eigenvalue weighted by Crippen LogP contribution is 2.23. The fourth-order valence-corrected chi connectivity index (χ4v) is 3.20. The smallest absolute Gasteiger partial charge is 0.244 e. The zero-order valence-corrected chi connectivity index (χ0v) is 19.2. The Labute approximate surface area is 191 Å². The van der Waals surface area contributed by atoms with Crippen LogP contribution in [0.2, 0.25) is 5.02 Å². The molecule has 3 aromatic carbocycles. The van der Waals surface area contributed by atoms with Gasteiger partial charge in [0.2, 0.25) is 5.91 Å². The van der Waals surface area contributed by atoms with Crippen molar-refractivity contribution < 1.29 is 9.53 Å². The number of nitrogens with zero attached hydrogens (tertiary/aromatic N) is 1. The number of hydrogen-bond acceptors (Lipinski definition) is 3. The van der Waals surface area contributed by atoms with Gasteiger partial charge in [-0.15, -0.1) is 0 Å². The van der Waals surface area contributed by atoms with E-state index in [1.54, 1.807) is 18.2 Å². The van der Waals surface area contributed by atoms with E-state index in [4.69, 9.17) is 16.3 Å². The third kappa shape index (κ3) is 6.99. The van der Waals surface area contributed by atoms with E-state index in [1.165, 1.54) is 6.21 Å². The van der Waals surface area contributed by atoms with Crippen molar-refractivity contribution in [2.45, 2.75) is 13.0 Å². The Kier molecular flexibility index (Phi) is 7.86. The first-order valence-electron chi connectivity index (χ1n) is 8.73. The lowest BCUT2D eigenvalue weighted by Crippen LogP contribution is -2.19. The highest BCUT2D eigenvalue weighted by atomic mass is 79.9. The number of carbonyl (C=O) groups excluding carboxylic acids is 1. The normalized spacial score (nSPS) is 10.9. The van der Waals surface area contributed by atoms with Crippen molar-refractivity contribution in [1.82, 2.24) is 5.43 Å². The van der Waals surface area contributed by atoms with Crippen LogP contribution in [0.1, 0.15) is 16.7 Å². The molecule has 0 aliphatic rings. The van der Waals surface area contributed by atoms with Crippen molar-refractivity contribution in [2.24, 2.45) is 5.10 Å². The van der Waals surface area contributed by atoms with Gasteiger partial charge in [0, 0.05) is 19.5 Å². The molecular formula is C22H17Br2ClN2O2. The van der Waals surface area contributed by atoms with Gasteiger partial charge in [0.15, 0.2) is 0 Å². The SMILES string of the molecule is O=C(Cc1ccc(Br)cc1)N/N=C/c1cc(Cl)ccc1OCc1ccc(Br)cc1. The summed E-state index contributed by atoms with van der Waals surface area (Å²) in [6, 6.07) is 20.7. The Morgan fingerprint density at radius 1 is 0.966 bits per heavy atom. The van der Waals surface area contributed by atoms with E-state index < -0.39 is 0 Å². The predicted molar refractivity (Wildman–Crippen MR) is 124 cm³/mol. The van der Waals surface area contributed by atoms with Crippen LogP contribution in [0.15, 0.2) is 80.8 Å². The molecule has 0 unspecified atom stereocenters. The van der Waals surface area contributed by atoms with Gasteiger partial charge in [0.25, 0.3) is 0 Å². The van der Waals surface area contributed by atoms with Gasteiger partial charge in [0.05, 0.1) is 12.6 Å². The molecule has 0 aliphatic heterocycles. The Morgan fingerprint density at radius 3 is 2.24 bits per heavy atom. The number of halogens is 3. The zero-order valence-electron chi connectivity index (χ0n) is 15.2. The third-order valence-electron chi connectivity index (χ3n) is 3.95. The van der Waals surface area contributed by atoms with Gasteiger partial charge in [-0.05, 0) is 53.6 Å². The number of benzene rings is 3. The van der Waals surface area contributed by atoms with Crippen LogP contribution in [0, 0.1) is 0 Å². The van der Waals surface area contributed by atoms with Crippen LogP contribution in [0.4, 0.5) is 0 Å². The standard InChI is InChI=1S/C22H17Br2ClN2O2/c23-18-5-1-15(2-6-18)11-22(28)27-26-13-17-12-20(25)9-10-21(17)29-14-16-3-7-19(24)8-4-16/h1-10,12-13H,11,14H2,(H,27,28)/b26-13+. The largest absolute Gasteiger partial charge is 0.488 e. The molecule has 3 rings (SSSR count). The molecule has 148 valence electrons. The van der Waals surface area contributed by atoms with E-state index >= 15 is 0 Å². The van der Waals surface area contributed by atoms with E-state index in [2.05, 4.69) is 42.4 Å². The van der Waals surface area contributed by atoms with Gasteiger partial charge in [-0.3, -0.25) is 4.79 Å². The topological polar surface area (TPSA) is 50.7 Å². The highest BCUT2D eigenvalue weighted by Gasteiger charge is 2.05. The number of nitrogens with one attached hydrogen (secondary N) is 1. The molecule has 4 nitrogen and oxygen atoms in total. The summed E-state index contributed by atoms with van der Waals surface area (Å²) in [7, 11) is 0. The Morgan fingerprint density at radius 2 is 1.59 bits per heavy atom. The van der Waals surface area contributed by atoms with Gasteiger partial charge in [0.1, 0.15) is 12.4 Å². The average molecular weight is 537 g/mol. The lowest BCUT2D eigenvalue weighted by molar-refractivity contribution is -0.120. The summed E-state index contributed by atoms with van der Waals surface area (Å²) in [5, 5.41) is 4.60. The van der Waals surface area contributed by atoms with Crippen molar-refractivity contribution in [3.05, 3.63) is 97.4 Å². The second-order valence-corrected chi connectivity index (χ2v) is 8.46. The molecule has 0 heterocycles. The number of hydrogen-bond donors (Lipinski definition) is 1. The number of amides is 1. The van der Waals surface area contributed by atoms with Gasteiger partial charge in [-0.25, -0.2) is 5.43 Å². The quantitative estimate of drug-likeness (QED) is 0.292. The monoisotopic (exact) mass is 534 g/mol. The molecule has 0 saturated carbocycles. The van der Waals surface area contributed by atoms with E-state index in [9.17, 15) is 4.79 Å². The van der Waals surface area contributed by atoms with Crippen molar-refractivity contribution in [3.63, 3.8) is 0 Å². The fourth-order valence-electron chi connectivity index (χ4n) is 2.49. The first kappa shape index (κ1) is 21.6. The van der Waals surface area contributed by atoms with Crippen molar-refractivity contribution in [2.75, 3.05) is 0 Å². The van der Waals surface area contributed by atoms with E-state index in [1.807, 2.05) is 48.5 Å². The molecule has 0 spiro atoms. The maximum Gasteiger partial charge on any atom is 0.244 e. The van der Waals surface area contributed by atoms with Crippen LogP contribution >= 0.6 is 43.5 Å². The summed E-state index contributed by atoms with van der Waals surface area (Å²) >= 11 is 12.9. The molecule has 0 fully saturated rings. The van der Waals surface area contributed by atoms with E-state index in [0.717, 1.165) is 20.1 Å². The Bertz CT molecular complexity index is 1010. The molecule has 0 atom stereocenters. The molecule has 3 aromatic rings. The highest BCUT2D eigenvalue weighted by molar-refractivity contribution is 9.10. The fraction of sp³-hybridized carbons (Fsp3) is 0.0909. The van der Waals surface area contributed by atoms with Crippen LogP contribution < -0.4 is 10.2 Å². The molecular weight excluding hydrogens is 520 g/mol. The van der Waals surface area contributed by atoms with Crippen molar-refractivity contribution >= 4 is 55.6 Å². The lowest BCUT2D eigenvalue weighted by atomic mass is 10.1. The first-order valence-corrected chi connectivity index (χ1v) is 10.7. The maximum atomic E-state index is 12.1. The molecule has 0 saturated heterocycles. The van der Waals surface area contributed by atoms with Crippen LogP contribution in [0.25, 0.3) is 0 Å². The summed E-state index contributed by atoms with van der Waals surface area (Å²) < 4.78 is 7.88. The van der Waals surface area contributed by atoms with Crippen molar-refractivity contribution in [3.8, 4) is 5.75 Å². The summed E-state index contributed by atoms with van der Waals surface area (Å²) in [6.07, 6.45) is 1.77. The van der Waals surface area contributed by atoms with E-state index in [0.29, 0.717) is 22.9 Å². The molecule has 0 aliphatic carbocycles. The summed E-state index contributed by atoms with van der Waals surface area (Å²) in [5.74, 6) is 0.422. The second-order valence-electron chi connectivity index (χ2n) is 6.19. The molecule has 0 bridgehead atoms. The molecule has 7 heteroatoms. The van der Waals surface area contributed by atoms with Crippen molar-refractivity contribution in [1.29, 1.82) is 0 Å². The zero-order chi connectivity index (χ0) is 20.6. The Balaban J connectivity index is 1.61. The number of carbonyl (C=O) groups is 1. The summed E-state index contributed by atoms with van der Waals surface area (Å²) in [4.78, 5) is 12.1. The lowest BCUT2D eigenvalue weighted by Gasteiger charge is -2.10. The molecule has 1 N–H and O–H groups in total. The number of ether oxygens (including phenoxy) is 1. The van der Waals surface area contributed by atoms with Gasteiger partial charge in [-0.1, -0.05) is 67.7 Å². The molecule has 0 radical (unpaired) electrons. The summed E-state index contributed by atoms with van der Waals surface area (Å²) in [6.45, 7) is 0.408. The van der Waals surface area contributed by atoms with Gasteiger partial charge < -0.3 is 4.74 Å². The Hall–Kier alpha value is -2.15. The minimum Gasteiger partial charge on any atom is -0.488 e. The first-order chi connectivity index (χ1) is 14.0. The van der Waals surface area contributed by atoms with Crippen LogP contribution in [-0.4, -0.2) is 12.1 Å². The molecule has 0 aromatic heterocycles. The number of hydrazone groups is 1. The van der Waals surface area contributed by atoms with Crippen LogP contribution in [0.3, 0.4) is 0 Å². The van der Waals surface area contributed by atoms with E-state index in [-0.39, 0.29) is 12.3 Å². The second kappa shape index (κ2) is 10.6. The minimum absolute atomic E-state index is 0.206. The minimum atomic E-state index is -0.206.